The summed E-state index contributed by atoms with van der Waals surface area (Å²) in [5, 5.41) is 3.40. The van der Waals surface area contributed by atoms with E-state index in [0.29, 0.717) is 0 Å². The Balaban J connectivity index is 1.62. The van der Waals surface area contributed by atoms with Crippen molar-refractivity contribution in [2.45, 2.75) is 11.8 Å². The maximum absolute atomic E-state index is 5.88. The van der Waals surface area contributed by atoms with Crippen molar-refractivity contribution in [1.82, 2.24) is 5.32 Å². The SMILES string of the molecule is Brc1cccc(OCCC2(c3ccccc3)CNC2)c1. The fraction of sp³-hybridized carbons (Fsp3) is 0.294. The molecule has 0 aromatic heterocycles. The molecule has 0 radical (unpaired) electrons. The first-order valence-corrected chi connectivity index (χ1v) is 7.72. The average Bonchev–Trinajstić information content (AvgIpc) is 2.43. The summed E-state index contributed by atoms with van der Waals surface area (Å²) in [5.41, 5.74) is 1.66. The molecule has 20 heavy (non-hydrogen) atoms. The molecular weight excluding hydrogens is 314 g/mol. The van der Waals surface area contributed by atoms with Crippen molar-refractivity contribution in [2.24, 2.45) is 0 Å². The van der Waals surface area contributed by atoms with Crippen molar-refractivity contribution in [1.29, 1.82) is 0 Å². The third kappa shape index (κ3) is 2.89. The Morgan fingerprint density at radius 2 is 1.85 bits per heavy atom. The highest BCUT2D eigenvalue weighted by Gasteiger charge is 2.38. The molecule has 104 valence electrons. The van der Waals surface area contributed by atoms with Gasteiger partial charge in [-0.2, -0.15) is 0 Å². The van der Waals surface area contributed by atoms with Crippen molar-refractivity contribution >= 4 is 15.9 Å². The topological polar surface area (TPSA) is 21.3 Å². The van der Waals surface area contributed by atoms with Gasteiger partial charge in [0.05, 0.1) is 6.61 Å². The standard InChI is InChI=1S/C17H18BrNO/c18-15-7-4-8-16(11-15)20-10-9-17(12-19-13-17)14-5-2-1-3-6-14/h1-8,11,19H,9-10,12-13H2. The van der Waals surface area contributed by atoms with Crippen LogP contribution in [0.25, 0.3) is 0 Å². The molecule has 2 aromatic rings. The molecule has 1 saturated heterocycles. The van der Waals surface area contributed by atoms with Gasteiger partial charge in [0.1, 0.15) is 5.75 Å². The zero-order valence-electron chi connectivity index (χ0n) is 11.3. The van der Waals surface area contributed by atoms with E-state index in [-0.39, 0.29) is 5.41 Å². The normalized spacial score (nSPS) is 16.4. The number of benzene rings is 2. The van der Waals surface area contributed by atoms with Gasteiger partial charge in [-0.15, -0.1) is 0 Å². The summed E-state index contributed by atoms with van der Waals surface area (Å²) in [5.74, 6) is 0.926. The van der Waals surface area contributed by atoms with Gasteiger partial charge in [0.25, 0.3) is 0 Å². The number of nitrogens with one attached hydrogen (secondary N) is 1. The second kappa shape index (κ2) is 5.98. The lowest BCUT2D eigenvalue weighted by atomic mass is 9.73. The summed E-state index contributed by atoms with van der Waals surface area (Å²) in [6.45, 7) is 2.82. The third-order valence-electron chi connectivity index (χ3n) is 3.96. The molecule has 3 rings (SSSR count). The second-order valence-corrected chi connectivity index (χ2v) is 6.22. The first-order chi connectivity index (χ1) is 9.78. The smallest absolute Gasteiger partial charge is 0.120 e. The average molecular weight is 332 g/mol. The molecular formula is C17H18BrNO. The van der Waals surface area contributed by atoms with Crippen molar-refractivity contribution in [3.63, 3.8) is 0 Å². The van der Waals surface area contributed by atoms with E-state index < -0.39 is 0 Å². The molecule has 0 saturated carbocycles. The molecule has 0 amide bonds. The molecule has 0 bridgehead atoms. The number of rotatable bonds is 5. The highest BCUT2D eigenvalue weighted by Crippen LogP contribution is 2.32. The van der Waals surface area contributed by atoms with Crippen LogP contribution in [0.5, 0.6) is 5.75 Å². The predicted octanol–water partition coefficient (Wildman–Crippen LogP) is 3.76. The molecule has 1 N–H and O–H groups in total. The Kier molecular flexibility index (Phi) is 4.08. The molecule has 1 aliphatic heterocycles. The Morgan fingerprint density at radius 3 is 2.50 bits per heavy atom. The molecule has 0 aliphatic carbocycles. The quantitative estimate of drug-likeness (QED) is 0.900. The summed E-state index contributed by atoms with van der Waals surface area (Å²) in [6, 6.07) is 18.8. The maximum Gasteiger partial charge on any atom is 0.120 e. The molecule has 0 unspecified atom stereocenters. The van der Waals surface area contributed by atoms with Gasteiger partial charge in [-0.3, -0.25) is 0 Å². The van der Waals surface area contributed by atoms with Gasteiger partial charge in [0.2, 0.25) is 0 Å². The summed E-state index contributed by atoms with van der Waals surface area (Å²) in [7, 11) is 0. The fourth-order valence-electron chi connectivity index (χ4n) is 2.66. The number of hydrogen-bond donors (Lipinski definition) is 1. The van der Waals surface area contributed by atoms with Gasteiger partial charge in [-0.05, 0) is 30.2 Å². The van der Waals surface area contributed by atoms with E-state index in [2.05, 4.69) is 51.6 Å². The van der Waals surface area contributed by atoms with Crippen molar-refractivity contribution in [3.8, 4) is 5.75 Å². The van der Waals surface area contributed by atoms with E-state index in [9.17, 15) is 0 Å². The first kappa shape index (κ1) is 13.7. The highest BCUT2D eigenvalue weighted by atomic mass is 79.9. The Morgan fingerprint density at radius 1 is 1.05 bits per heavy atom. The zero-order chi connectivity index (χ0) is 13.8. The molecule has 1 fully saturated rings. The van der Waals surface area contributed by atoms with E-state index >= 15 is 0 Å². The predicted molar refractivity (Wildman–Crippen MR) is 85.2 cm³/mol. The van der Waals surface area contributed by atoms with Gasteiger partial charge >= 0.3 is 0 Å². The minimum absolute atomic E-state index is 0.243. The van der Waals surface area contributed by atoms with Crippen LogP contribution in [-0.4, -0.2) is 19.7 Å². The minimum Gasteiger partial charge on any atom is -0.494 e. The molecule has 1 heterocycles. The van der Waals surface area contributed by atoms with Crippen LogP contribution in [0.2, 0.25) is 0 Å². The van der Waals surface area contributed by atoms with Gasteiger partial charge in [0, 0.05) is 23.0 Å². The maximum atomic E-state index is 5.88. The minimum atomic E-state index is 0.243. The number of ether oxygens (including phenoxy) is 1. The Hall–Kier alpha value is -1.32. The van der Waals surface area contributed by atoms with Crippen LogP contribution in [-0.2, 0) is 5.41 Å². The molecule has 0 atom stereocenters. The lowest BCUT2D eigenvalue weighted by molar-refractivity contribution is 0.199. The van der Waals surface area contributed by atoms with E-state index in [1.54, 1.807) is 0 Å². The Labute approximate surface area is 128 Å². The first-order valence-electron chi connectivity index (χ1n) is 6.93. The number of halogens is 1. The summed E-state index contributed by atoms with van der Waals surface area (Å²) in [6.07, 6.45) is 1.04. The van der Waals surface area contributed by atoms with Crippen LogP contribution in [0.15, 0.2) is 59.1 Å². The summed E-state index contributed by atoms with van der Waals surface area (Å²) < 4.78 is 6.94. The summed E-state index contributed by atoms with van der Waals surface area (Å²) >= 11 is 3.47. The van der Waals surface area contributed by atoms with Gasteiger partial charge in [-0.25, -0.2) is 0 Å². The zero-order valence-corrected chi connectivity index (χ0v) is 12.9. The summed E-state index contributed by atoms with van der Waals surface area (Å²) in [4.78, 5) is 0. The fourth-order valence-corrected chi connectivity index (χ4v) is 3.04. The lowest BCUT2D eigenvalue weighted by Crippen LogP contribution is -2.57. The molecule has 2 aromatic carbocycles. The van der Waals surface area contributed by atoms with Crippen molar-refractivity contribution in [2.75, 3.05) is 19.7 Å². The monoisotopic (exact) mass is 331 g/mol. The molecule has 1 aliphatic rings. The van der Waals surface area contributed by atoms with E-state index in [4.69, 9.17) is 4.74 Å². The van der Waals surface area contributed by atoms with E-state index in [0.717, 1.165) is 36.3 Å². The van der Waals surface area contributed by atoms with Crippen LogP contribution < -0.4 is 10.1 Å². The third-order valence-corrected chi connectivity index (χ3v) is 4.45. The molecule has 2 nitrogen and oxygen atoms in total. The second-order valence-electron chi connectivity index (χ2n) is 5.31. The van der Waals surface area contributed by atoms with E-state index in [1.807, 2.05) is 24.3 Å². The van der Waals surface area contributed by atoms with Crippen molar-refractivity contribution < 1.29 is 4.74 Å². The van der Waals surface area contributed by atoms with Crippen LogP contribution >= 0.6 is 15.9 Å². The largest absolute Gasteiger partial charge is 0.494 e. The van der Waals surface area contributed by atoms with Gasteiger partial charge < -0.3 is 10.1 Å². The number of hydrogen-bond acceptors (Lipinski definition) is 2. The Bertz CT molecular complexity index is 566. The van der Waals surface area contributed by atoms with Crippen LogP contribution in [0.1, 0.15) is 12.0 Å². The van der Waals surface area contributed by atoms with Gasteiger partial charge in [-0.1, -0.05) is 52.3 Å². The van der Waals surface area contributed by atoms with Crippen LogP contribution in [0.3, 0.4) is 0 Å². The molecule has 0 spiro atoms. The van der Waals surface area contributed by atoms with Gasteiger partial charge in [0.15, 0.2) is 0 Å². The van der Waals surface area contributed by atoms with Crippen LogP contribution in [0.4, 0.5) is 0 Å². The van der Waals surface area contributed by atoms with E-state index in [1.165, 1.54) is 5.56 Å². The van der Waals surface area contributed by atoms with Crippen LogP contribution in [0, 0.1) is 0 Å². The lowest BCUT2D eigenvalue weighted by Gasteiger charge is -2.43. The highest BCUT2D eigenvalue weighted by molar-refractivity contribution is 9.10. The van der Waals surface area contributed by atoms with Crippen molar-refractivity contribution in [3.05, 3.63) is 64.6 Å². The molecule has 3 heteroatoms.